The normalized spacial score (nSPS) is 19.9. The van der Waals surface area contributed by atoms with Crippen LogP contribution in [0.2, 0.25) is 0 Å². The van der Waals surface area contributed by atoms with E-state index in [1.54, 1.807) is 6.26 Å². The molecule has 45 heavy (non-hydrogen) atoms. The van der Waals surface area contributed by atoms with Crippen molar-refractivity contribution in [2.75, 3.05) is 18.0 Å². The summed E-state index contributed by atoms with van der Waals surface area (Å²) in [7, 11) is 0. The number of hydrogen-bond acceptors (Lipinski definition) is 4. The smallest absolute Gasteiger partial charge is 0.303 e. The van der Waals surface area contributed by atoms with Crippen LogP contribution in [0.1, 0.15) is 71.4 Å². The summed E-state index contributed by atoms with van der Waals surface area (Å²) in [6, 6.07) is 16.7. The van der Waals surface area contributed by atoms with Gasteiger partial charge in [0.25, 0.3) is 0 Å². The molecule has 7 heteroatoms. The van der Waals surface area contributed by atoms with Crippen LogP contribution in [-0.4, -0.2) is 45.5 Å². The van der Waals surface area contributed by atoms with E-state index >= 15 is 0 Å². The first-order valence-electron chi connectivity index (χ1n) is 15.6. The summed E-state index contributed by atoms with van der Waals surface area (Å²) in [6.45, 7) is 12.1. The zero-order chi connectivity index (χ0) is 32.4. The van der Waals surface area contributed by atoms with Crippen molar-refractivity contribution in [3.63, 3.8) is 0 Å². The lowest BCUT2D eigenvalue weighted by molar-refractivity contribution is -0.438. The van der Waals surface area contributed by atoms with Crippen molar-refractivity contribution < 1.29 is 29.1 Å². The summed E-state index contributed by atoms with van der Waals surface area (Å²) in [5, 5.41) is 18.5. The third kappa shape index (κ3) is 6.30. The minimum absolute atomic E-state index is 0.122. The third-order valence-electron chi connectivity index (χ3n) is 9.20. The molecule has 2 aromatic carbocycles. The number of benzene rings is 2. The van der Waals surface area contributed by atoms with E-state index in [0.29, 0.717) is 25.9 Å². The summed E-state index contributed by atoms with van der Waals surface area (Å²) in [6.07, 6.45) is 13.4. The van der Waals surface area contributed by atoms with E-state index in [2.05, 4.69) is 92.7 Å². The van der Waals surface area contributed by atoms with Crippen molar-refractivity contribution in [1.82, 2.24) is 0 Å². The number of para-hydroxylation sites is 2. The lowest BCUT2D eigenvalue weighted by atomic mass is 9.81. The fourth-order valence-corrected chi connectivity index (χ4v) is 6.74. The second kappa shape index (κ2) is 12.8. The number of ether oxygens (including phenoxy) is 1. The average Bonchev–Trinajstić information content (AvgIpc) is 3.34. The Morgan fingerprint density at radius 3 is 2.27 bits per heavy atom. The maximum atomic E-state index is 11.2. The molecular formula is C38H43N2O5+. The predicted octanol–water partition coefficient (Wildman–Crippen LogP) is 7.77. The summed E-state index contributed by atoms with van der Waals surface area (Å²) in [4.78, 5) is 24.7. The van der Waals surface area contributed by atoms with E-state index in [1.807, 2.05) is 30.4 Å². The maximum Gasteiger partial charge on any atom is 0.303 e. The van der Waals surface area contributed by atoms with Crippen LogP contribution in [0.15, 0.2) is 108 Å². The number of carboxylic acids is 2. The number of carboxylic acid groups (broad SMARTS) is 2. The van der Waals surface area contributed by atoms with Gasteiger partial charge in [-0.1, -0.05) is 50.2 Å². The molecule has 0 amide bonds. The first-order valence-corrected chi connectivity index (χ1v) is 15.6. The van der Waals surface area contributed by atoms with Gasteiger partial charge in [-0.05, 0) is 74.3 Å². The molecular weight excluding hydrogens is 564 g/mol. The van der Waals surface area contributed by atoms with E-state index < -0.39 is 11.9 Å². The Morgan fingerprint density at radius 1 is 0.867 bits per heavy atom. The second-order valence-electron chi connectivity index (χ2n) is 12.9. The van der Waals surface area contributed by atoms with E-state index in [4.69, 9.17) is 4.74 Å². The fraction of sp³-hybridized carbons (Fsp3) is 0.342. The topological polar surface area (TPSA) is 90.1 Å². The highest BCUT2D eigenvalue weighted by Gasteiger charge is 2.44. The highest BCUT2D eigenvalue weighted by molar-refractivity contribution is 6.03. The number of carbonyl (C=O) groups is 2. The number of rotatable bonds is 11. The zero-order valence-electron chi connectivity index (χ0n) is 26.8. The minimum Gasteiger partial charge on any atom is -0.481 e. The number of fused-ring (bicyclic) bond motifs is 2. The summed E-state index contributed by atoms with van der Waals surface area (Å²) < 4.78 is 8.27. The lowest BCUT2D eigenvalue weighted by Crippen LogP contribution is -2.28. The number of hydrogen-bond donors (Lipinski definition) is 2. The highest BCUT2D eigenvalue weighted by atomic mass is 16.5. The van der Waals surface area contributed by atoms with Crippen molar-refractivity contribution in [1.29, 1.82) is 0 Å². The van der Waals surface area contributed by atoms with Crippen LogP contribution in [0.25, 0.3) is 0 Å². The first kappa shape index (κ1) is 31.8. The van der Waals surface area contributed by atoms with Crippen molar-refractivity contribution in [3.05, 3.63) is 119 Å². The molecule has 0 aliphatic carbocycles. The van der Waals surface area contributed by atoms with Gasteiger partial charge in [-0.25, -0.2) is 0 Å². The molecule has 0 atom stereocenters. The Bertz CT molecular complexity index is 1700. The molecule has 2 aromatic rings. The molecule has 0 fully saturated rings. The Hall–Kier alpha value is -4.65. The molecule has 7 nitrogen and oxygen atoms in total. The molecule has 0 unspecified atom stereocenters. The van der Waals surface area contributed by atoms with Gasteiger partial charge in [0.1, 0.15) is 12.3 Å². The third-order valence-corrected chi connectivity index (χ3v) is 9.20. The van der Waals surface area contributed by atoms with E-state index in [0.717, 1.165) is 39.7 Å². The van der Waals surface area contributed by atoms with Crippen LogP contribution >= 0.6 is 0 Å². The van der Waals surface area contributed by atoms with Crippen molar-refractivity contribution in [3.8, 4) is 0 Å². The van der Waals surface area contributed by atoms with Crippen LogP contribution in [0.4, 0.5) is 11.4 Å². The minimum atomic E-state index is -0.787. The molecule has 3 aliphatic heterocycles. The maximum absolute atomic E-state index is 11.2. The first-order chi connectivity index (χ1) is 21.4. The van der Waals surface area contributed by atoms with Crippen molar-refractivity contribution >= 4 is 29.0 Å². The standard InChI is InChI=1S/C38H42N2O5/c1-26-27(18-20-33-37(2,3)28-12-6-8-14-30(28)39(33)23-10-16-35(41)42)22-25-45-32(26)19-21-34-38(4,5)29-13-7-9-15-31(29)40(34)24-11-17-36(43)44/h6-9,12-15,18-22,25H,10-11,16-17,23-24H2,1-5H3,(H-,41,42,43,44)/p+1. The molecule has 0 saturated heterocycles. The zero-order valence-corrected chi connectivity index (χ0v) is 26.8. The van der Waals surface area contributed by atoms with Crippen molar-refractivity contribution in [2.24, 2.45) is 0 Å². The van der Waals surface area contributed by atoms with Gasteiger partial charge in [0.05, 0.1) is 18.1 Å². The monoisotopic (exact) mass is 607 g/mol. The molecule has 3 heterocycles. The van der Waals surface area contributed by atoms with Gasteiger partial charge in [0.2, 0.25) is 5.69 Å². The van der Waals surface area contributed by atoms with Gasteiger partial charge in [-0.2, -0.15) is 4.58 Å². The van der Waals surface area contributed by atoms with Gasteiger partial charge >= 0.3 is 11.9 Å². The summed E-state index contributed by atoms with van der Waals surface area (Å²) in [5.41, 5.74) is 8.45. The molecule has 5 rings (SSSR count). The van der Waals surface area contributed by atoms with Crippen LogP contribution in [0.3, 0.4) is 0 Å². The number of anilines is 1. The molecule has 0 bridgehead atoms. The van der Waals surface area contributed by atoms with Crippen LogP contribution in [0, 0.1) is 0 Å². The van der Waals surface area contributed by atoms with E-state index in [9.17, 15) is 19.8 Å². The predicted molar refractivity (Wildman–Crippen MR) is 178 cm³/mol. The fourth-order valence-electron chi connectivity index (χ4n) is 6.74. The molecule has 0 spiro atoms. The lowest BCUT2D eigenvalue weighted by Gasteiger charge is -2.27. The second-order valence-corrected chi connectivity index (χ2v) is 12.9. The van der Waals surface area contributed by atoms with Crippen molar-refractivity contribution in [2.45, 2.75) is 71.1 Å². The number of allylic oxidation sites excluding steroid dienone is 8. The largest absolute Gasteiger partial charge is 0.481 e. The van der Waals surface area contributed by atoms with Gasteiger partial charge in [0, 0.05) is 53.9 Å². The van der Waals surface area contributed by atoms with Gasteiger partial charge < -0.3 is 19.8 Å². The Morgan fingerprint density at radius 2 is 1.53 bits per heavy atom. The van der Waals surface area contributed by atoms with Crippen LogP contribution in [0.5, 0.6) is 0 Å². The Labute approximate surface area is 265 Å². The number of aliphatic carboxylic acids is 2. The average molecular weight is 608 g/mol. The number of nitrogens with zero attached hydrogens (tertiary/aromatic N) is 2. The van der Waals surface area contributed by atoms with E-state index in [-0.39, 0.29) is 23.7 Å². The van der Waals surface area contributed by atoms with E-state index in [1.165, 1.54) is 11.1 Å². The summed E-state index contributed by atoms with van der Waals surface area (Å²) in [5.74, 6) is -0.821. The highest BCUT2D eigenvalue weighted by Crippen LogP contribution is 2.48. The van der Waals surface area contributed by atoms with Crippen LogP contribution < -0.4 is 4.90 Å². The quantitative estimate of drug-likeness (QED) is 0.254. The molecule has 3 aliphatic rings. The molecule has 0 radical (unpaired) electrons. The molecule has 234 valence electrons. The Balaban J connectivity index is 1.47. The van der Waals surface area contributed by atoms with Gasteiger partial charge in [-0.3, -0.25) is 9.59 Å². The SMILES string of the molecule is CC1=C(/C=C/C2=[N+](CCCC(=O)O)c3ccccc3C2(C)C)C=CO/C1=C\C=C1\N(CCCC(=O)O)c2ccccc2C1(C)C. The molecule has 0 aromatic heterocycles. The Kier molecular flexibility index (Phi) is 9.01. The van der Waals surface area contributed by atoms with Gasteiger partial charge in [0.15, 0.2) is 5.71 Å². The van der Waals surface area contributed by atoms with Crippen LogP contribution in [-0.2, 0) is 25.2 Å². The van der Waals surface area contributed by atoms with Gasteiger partial charge in [-0.15, -0.1) is 0 Å². The molecule has 0 saturated carbocycles. The molecule has 2 N–H and O–H groups in total. The summed E-state index contributed by atoms with van der Waals surface area (Å²) >= 11 is 0.